The summed E-state index contributed by atoms with van der Waals surface area (Å²) < 4.78 is 57.7. The summed E-state index contributed by atoms with van der Waals surface area (Å²) in [5.41, 5.74) is 8.24. The maximum Gasteiger partial charge on any atom is 0.342 e. The van der Waals surface area contributed by atoms with Crippen molar-refractivity contribution in [1.29, 1.82) is 0 Å². The minimum Gasteiger partial charge on any atom is -0.457 e. The molecule has 110 heavy (non-hydrogen) atoms. The quantitative estimate of drug-likeness (QED) is 0.0331. The molecule has 17 nitrogen and oxygen atoms in total. The molecule has 0 atom stereocenters. The van der Waals surface area contributed by atoms with Crippen LogP contribution in [0.25, 0.3) is 38.6 Å². The second kappa shape index (κ2) is 31.4. The van der Waals surface area contributed by atoms with Crippen LogP contribution in [0.5, 0.6) is 23.0 Å². The number of carbonyl (C=O) groups excluding carboxylic acids is 7. The molecule has 14 aromatic rings. The largest absolute Gasteiger partial charge is 0.457 e. The van der Waals surface area contributed by atoms with Gasteiger partial charge in [0.15, 0.2) is 0 Å². The van der Waals surface area contributed by atoms with Gasteiger partial charge in [0.2, 0.25) is 0 Å². The maximum atomic E-state index is 15.0. The molecule has 0 bridgehead atoms. The van der Waals surface area contributed by atoms with E-state index in [0.717, 1.165) is 5.56 Å². The molecule has 0 unspecified atom stereocenters. The van der Waals surface area contributed by atoms with Crippen LogP contribution < -0.4 is 25.9 Å². The van der Waals surface area contributed by atoms with Gasteiger partial charge < -0.3 is 47.2 Å². The fourth-order valence-electron chi connectivity index (χ4n) is 13.7. The van der Waals surface area contributed by atoms with Gasteiger partial charge in [-0.15, -0.1) is 0 Å². The fraction of sp³-hybridized carbons (Fsp3) is 0.0761. The number of hydrogen-bond acceptors (Lipinski definition) is 16. The van der Waals surface area contributed by atoms with E-state index in [9.17, 15) is 28.8 Å². The third-order valence-corrected chi connectivity index (χ3v) is 19.2. The minimum absolute atomic E-state index is 0.00343. The van der Waals surface area contributed by atoms with Gasteiger partial charge in [0.1, 0.15) is 80.4 Å². The summed E-state index contributed by atoms with van der Waals surface area (Å²) in [5.74, 6) is -4.98. The average molecular weight is 1450 g/mol. The molecule has 2 aliphatic rings. The first kappa shape index (κ1) is 70.0. The van der Waals surface area contributed by atoms with Crippen LogP contribution in [0.4, 0.5) is 0 Å². The van der Waals surface area contributed by atoms with E-state index in [2.05, 4.69) is 0 Å². The number of aromatic nitrogens is 1. The van der Waals surface area contributed by atoms with Crippen LogP contribution in [0.3, 0.4) is 0 Å². The Kier molecular flexibility index (Phi) is 19.9. The lowest BCUT2D eigenvalue weighted by molar-refractivity contribution is 0.0425. The number of carbonyl (C=O) groups is 7. The van der Waals surface area contributed by atoms with E-state index in [-0.39, 0.29) is 102 Å². The van der Waals surface area contributed by atoms with Gasteiger partial charge in [-0.3, -0.25) is 0 Å². The van der Waals surface area contributed by atoms with Gasteiger partial charge in [0.25, 0.3) is 6.71 Å². The first-order valence-electron chi connectivity index (χ1n) is 35.5. The number of rotatable bonds is 23. The Hall–Kier alpha value is -14.4. The average Bonchev–Trinajstić information content (AvgIpc) is 0.764. The molecule has 0 amide bonds. The smallest absolute Gasteiger partial charge is 0.342 e. The van der Waals surface area contributed by atoms with Crippen molar-refractivity contribution in [3.8, 4) is 39.8 Å². The van der Waals surface area contributed by atoms with E-state index in [1.807, 2.05) is 259 Å². The highest BCUT2D eigenvalue weighted by Crippen LogP contribution is 2.45. The van der Waals surface area contributed by atoms with E-state index in [0.29, 0.717) is 94.1 Å². The number of hydrogen-bond donors (Lipinski definition) is 0. The van der Waals surface area contributed by atoms with Crippen LogP contribution in [0, 0.1) is 0 Å². The molecule has 2 aliphatic heterocycles. The number of fused-ring (bicyclic) bond motifs is 7. The molecule has 0 aliphatic carbocycles. The summed E-state index contributed by atoms with van der Waals surface area (Å²) >= 11 is 0. The lowest BCUT2D eigenvalue weighted by atomic mass is 9.34. The lowest BCUT2D eigenvalue weighted by Crippen LogP contribution is -2.58. The van der Waals surface area contributed by atoms with Crippen LogP contribution in [0.2, 0.25) is 0 Å². The van der Waals surface area contributed by atoms with Gasteiger partial charge in [-0.2, -0.15) is 0 Å². The van der Waals surface area contributed by atoms with Crippen molar-refractivity contribution < 1.29 is 76.2 Å². The summed E-state index contributed by atoms with van der Waals surface area (Å²) in [5, 5.41) is 0.748. The molecule has 18 heteroatoms. The highest BCUT2D eigenvalue weighted by molar-refractivity contribution is 6.98. The molecule has 0 radical (unpaired) electrons. The Labute approximate surface area is 631 Å². The normalized spacial score (nSPS) is 11.5. The van der Waals surface area contributed by atoms with E-state index in [1.54, 1.807) is 30.3 Å². The van der Waals surface area contributed by atoms with Crippen LogP contribution in [-0.2, 0) is 79.4 Å². The predicted octanol–water partition coefficient (Wildman–Crippen LogP) is 16.7. The summed E-state index contributed by atoms with van der Waals surface area (Å²) in [6.45, 7) is -1.61. The second-order valence-electron chi connectivity index (χ2n) is 26.3. The zero-order valence-corrected chi connectivity index (χ0v) is 58.9. The van der Waals surface area contributed by atoms with Crippen molar-refractivity contribution in [2.75, 3.05) is 0 Å². The van der Waals surface area contributed by atoms with Crippen LogP contribution in [0.15, 0.2) is 303 Å². The van der Waals surface area contributed by atoms with Crippen LogP contribution >= 0.6 is 0 Å². The maximum absolute atomic E-state index is 15.0. The molecular weight excluding hydrogens is 1390 g/mol. The molecule has 1 aromatic heterocycles. The number of benzene rings is 13. The van der Waals surface area contributed by atoms with Crippen molar-refractivity contribution in [2.45, 2.75) is 46.2 Å². The molecule has 16 rings (SSSR count). The fourth-order valence-corrected chi connectivity index (χ4v) is 13.7. The first-order chi connectivity index (χ1) is 53.9. The van der Waals surface area contributed by atoms with Gasteiger partial charge >= 0.3 is 41.8 Å². The van der Waals surface area contributed by atoms with Gasteiger partial charge in [-0.25, -0.2) is 33.6 Å². The zero-order chi connectivity index (χ0) is 75.0. The molecule has 0 fully saturated rings. The van der Waals surface area contributed by atoms with E-state index in [4.69, 9.17) is 42.6 Å². The van der Waals surface area contributed by atoms with E-state index < -0.39 is 48.5 Å². The zero-order valence-electron chi connectivity index (χ0n) is 58.9. The standard InChI is InChI=1S/C92H64BNO16/c95-86(102-51-58-23-8-1-9-24-58)66-41-44-77-81(45-66)109-84-75(91(100)107-56-63-33-18-6-19-34-63)48-76(92(101)108-57-64-35-20-7-21-36-64)85-82(84)93(77)78-38-22-37-68(83(78)110-85)65-39-42-67(43-40-65)94-79-49-73(89(98)105-54-61-29-14-4-15-30-61)71(87(96)103-52-59-25-10-2-11-26-59)46-69(79)70-47-72(88(97)104-53-60-27-12-3-13-28-60)74(50-80(70)94)90(99)106-55-62-31-16-5-17-32-62/h1-50H,51-57H2. The molecule has 0 saturated heterocycles. The molecule has 0 saturated carbocycles. The lowest BCUT2D eigenvalue weighted by Gasteiger charge is -2.35. The molecule has 3 heterocycles. The van der Waals surface area contributed by atoms with E-state index >= 15 is 4.79 Å². The van der Waals surface area contributed by atoms with Crippen LogP contribution in [-0.4, -0.2) is 53.1 Å². The topological polar surface area (TPSA) is 207 Å². The Morgan fingerprint density at radius 3 is 0.991 bits per heavy atom. The first-order valence-corrected chi connectivity index (χ1v) is 35.5. The molecule has 13 aromatic carbocycles. The Balaban J connectivity index is 0.851. The highest BCUT2D eigenvalue weighted by atomic mass is 16.6. The molecule has 536 valence electrons. The Morgan fingerprint density at radius 2 is 0.618 bits per heavy atom. The summed E-state index contributed by atoms with van der Waals surface area (Å²) in [7, 11) is 0. The van der Waals surface area contributed by atoms with Crippen molar-refractivity contribution in [3.63, 3.8) is 0 Å². The SMILES string of the molecule is O=C(OCc1ccccc1)c1ccc2c(c1)Oc1c(C(=O)OCc3ccccc3)cc(C(=O)OCc3ccccc3)c3c1B2c1cccc(-c2ccc(-n4c5cc(C(=O)OCc6ccccc6)c(C(=O)OCc6ccccc6)cc5c5cc(C(=O)OCc6ccccc6)c(C(=O)OCc6ccccc6)cc54)cc2)c1O3. The summed E-state index contributed by atoms with van der Waals surface area (Å²) in [6.07, 6.45) is 0. The third kappa shape index (κ3) is 14.7. The summed E-state index contributed by atoms with van der Waals surface area (Å²) in [6, 6.07) is 89.4. The van der Waals surface area contributed by atoms with Crippen molar-refractivity contribution in [2.24, 2.45) is 0 Å². The van der Waals surface area contributed by atoms with Crippen molar-refractivity contribution >= 4 is 86.7 Å². The Bertz CT molecular complexity index is 5690. The van der Waals surface area contributed by atoms with Gasteiger partial charge in [0, 0.05) is 27.5 Å². The van der Waals surface area contributed by atoms with Gasteiger partial charge in [-0.1, -0.05) is 249 Å². The molecule has 0 spiro atoms. The minimum atomic E-state index is -0.840. The van der Waals surface area contributed by atoms with E-state index in [1.165, 1.54) is 18.2 Å². The van der Waals surface area contributed by atoms with Gasteiger partial charge in [-0.05, 0) is 110 Å². The molecule has 0 N–H and O–H groups in total. The van der Waals surface area contributed by atoms with Gasteiger partial charge in [0.05, 0.1) is 38.9 Å². The Morgan fingerprint density at radius 1 is 0.282 bits per heavy atom. The van der Waals surface area contributed by atoms with Crippen molar-refractivity contribution in [1.82, 2.24) is 4.57 Å². The molecular formula is C92H64BNO16. The number of para-hydroxylation sites is 1. The number of esters is 7. The summed E-state index contributed by atoms with van der Waals surface area (Å²) in [4.78, 5) is 103. The monoisotopic (exact) mass is 1450 g/mol. The van der Waals surface area contributed by atoms with Crippen molar-refractivity contribution in [3.05, 3.63) is 381 Å². The number of ether oxygens (including phenoxy) is 9. The van der Waals surface area contributed by atoms with Crippen LogP contribution in [0.1, 0.15) is 111 Å². The predicted molar refractivity (Wildman–Crippen MR) is 413 cm³/mol. The number of nitrogens with zero attached hydrogens (tertiary/aromatic N) is 1. The highest BCUT2D eigenvalue weighted by Gasteiger charge is 2.46. The third-order valence-electron chi connectivity index (χ3n) is 19.2. The second-order valence-corrected chi connectivity index (χ2v) is 26.3.